The first-order valence-corrected chi connectivity index (χ1v) is 10.8. The number of aryl methyl sites for hydroxylation is 1. The van der Waals surface area contributed by atoms with E-state index in [4.69, 9.17) is 4.74 Å². The van der Waals surface area contributed by atoms with Crippen molar-refractivity contribution in [3.8, 4) is 0 Å². The molecule has 0 saturated carbocycles. The van der Waals surface area contributed by atoms with E-state index < -0.39 is 12.0 Å². The van der Waals surface area contributed by atoms with Gasteiger partial charge in [-0.1, -0.05) is 40.2 Å². The number of fused-ring (bicyclic) bond motifs is 1. The van der Waals surface area contributed by atoms with Gasteiger partial charge in [0.05, 0.1) is 20.2 Å². The molecule has 164 valence electrons. The van der Waals surface area contributed by atoms with Crippen molar-refractivity contribution in [2.75, 3.05) is 32.6 Å². The lowest BCUT2D eigenvalue weighted by atomic mass is 9.94. The van der Waals surface area contributed by atoms with Crippen LogP contribution in [0.3, 0.4) is 0 Å². The number of nitrogens with one attached hydrogen (secondary N) is 1. The number of methoxy groups -OCH3 is 1. The van der Waals surface area contributed by atoms with Gasteiger partial charge >= 0.3 is 5.97 Å². The van der Waals surface area contributed by atoms with Gasteiger partial charge in [-0.25, -0.2) is 4.79 Å². The number of rotatable bonds is 6. The Labute approximate surface area is 190 Å². The van der Waals surface area contributed by atoms with Gasteiger partial charge < -0.3 is 15.0 Å². The second-order valence-corrected chi connectivity index (χ2v) is 8.63. The van der Waals surface area contributed by atoms with E-state index in [0.717, 1.165) is 26.9 Å². The van der Waals surface area contributed by atoms with Crippen molar-refractivity contribution in [1.29, 1.82) is 0 Å². The zero-order valence-corrected chi connectivity index (χ0v) is 19.4. The van der Waals surface area contributed by atoms with Crippen molar-refractivity contribution in [3.05, 3.63) is 63.6 Å². The summed E-state index contributed by atoms with van der Waals surface area (Å²) in [6.07, 6.45) is 0.418. The molecule has 2 aromatic carbocycles. The van der Waals surface area contributed by atoms with Crippen molar-refractivity contribution in [1.82, 2.24) is 9.80 Å². The van der Waals surface area contributed by atoms with E-state index in [1.165, 1.54) is 7.11 Å². The lowest BCUT2D eigenvalue weighted by Gasteiger charge is -2.36. The summed E-state index contributed by atoms with van der Waals surface area (Å²) in [4.78, 5) is 41.0. The normalized spacial score (nSPS) is 15.4. The van der Waals surface area contributed by atoms with Crippen LogP contribution in [0.1, 0.15) is 16.7 Å². The second-order valence-electron chi connectivity index (χ2n) is 7.71. The molecule has 0 spiro atoms. The molecule has 0 unspecified atom stereocenters. The smallest absolute Gasteiger partial charge is 0.328 e. The quantitative estimate of drug-likeness (QED) is 0.633. The summed E-state index contributed by atoms with van der Waals surface area (Å²) >= 11 is 3.40. The highest BCUT2D eigenvalue weighted by Gasteiger charge is 2.35. The number of benzene rings is 2. The third kappa shape index (κ3) is 5.71. The average Bonchev–Trinajstić information content (AvgIpc) is 2.74. The van der Waals surface area contributed by atoms with E-state index in [9.17, 15) is 14.4 Å². The number of halogens is 1. The molecule has 0 aromatic heterocycles. The maximum atomic E-state index is 13.0. The van der Waals surface area contributed by atoms with Crippen LogP contribution in [-0.2, 0) is 32.1 Å². The molecule has 1 atom stereocenters. The Morgan fingerprint density at radius 2 is 1.87 bits per heavy atom. The fraction of sp³-hybridized carbons (Fsp3) is 0.348. The molecule has 0 fully saturated rings. The van der Waals surface area contributed by atoms with Crippen LogP contribution in [0.5, 0.6) is 0 Å². The molecular formula is C23H26BrN3O4. The van der Waals surface area contributed by atoms with Crippen LogP contribution in [-0.4, -0.2) is 60.9 Å². The summed E-state index contributed by atoms with van der Waals surface area (Å²) < 4.78 is 5.87. The van der Waals surface area contributed by atoms with Crippen LogP contribution in [0.4, 0.5) is 5.69 Å². The van der Waals surface area contributed by atoms with E-state index in [2.05, 4.69) is 21.2 Å². The number of carbonyl (C=O) groups excluding carboxylic acids is 3. The van der Waals surface area contributed by atoms with Crippen LogP contribution < -0.4 is 5.32 Å². The van der Waals surface area contributed by atoms with Gasteiger partial charge in [0.25, 0.3) is 0 Å². The first kappa shape index (κ1) is 23.0. The molecule has 31 heavy (non-hydrogen) atoms. The Bertz CT molecular complexity index is 995. The topological polar surface area (TPSA) is 79.0 Å². The van der Waals surface area contributed by atoms with E-state index in [-0.39, 0.29) is 24.9 Å². The molecule has 3 rings (SSSR count). The van der Waals surface area contributed by atoms with Gasteiger partial charge in [0.15, 0.2) is 0 Å². The van der Waals surface area contributed by atoms with Gasteiger partial charge in [0, 0.05) is 23.1 Å². The molecule has 8 heteroatoms. The van der Waals surface area contributed by atoms with Crippen LogP contribution >= 0.6 is 15.9 Å². The van der Waals surface area contributed by atoms with Crippen molar-refractivity contribution in [2.24, 2.45) is 0 Å². The molecule has 1 N–H and O–H groups in total. The summed E-state index contributed by atoms with van der Waals surface area (Å²) in [5.41, 5.74) is 3.72. The van der Waals surface area contributed by atoms with E-state index in [1.807, 2.05) is 49.4 Å². The lowest BCUT2D eigenvalue weighted by Crippen LogP contribution is -2.52. The average molecular weight is 488 g/mol. The van der Waals surface area contributed by atoms with E-state index >= 15 is 0 Å². The summed E-state index contributed by atoms with van der Waals surface area (Å²) in [6.45, 7) is 2.32. The van der Waals surface area contributed by atoms with E-state index in [0.29, 0.717) is 13.0 Å². The number of esters is 1. The third-order valence-electron chi connectivity index (χ3n) is 5.32. The molecule has 0 bridgehead atoms. The monoisotopic (exact) mass is 487 g/mol. The zero-order valence-electron chi connectivity index (χ0n) is 17.9. The highest BCUT2D eigenvalue weighted by Crippen LogP contribution is 2.24. The molecule has 7 nitrogen and oxygen atoms in total. The molecule has 2 amide bonds. The first-order chi connectivity index (χ1) is 14.8. The highest BCUT2D eigenvalue weighted by molar-refractivity contribution is 9.10. The maximum Gasteiger partial charge on any atom is 0.328 e. The minimum absolute atomic E-state index is 0.0163. The summed E-state index contributed by atoms with van der Waals surface area (Å²) in [6, 6.07) is 12.7. The molecular weight excluding hydrogens is 462 g/mol. The summed E-state index contributed by atoms with van der Waals surface area (Å²) in [7, 11) is 3.03. The number of ether oxygens (including phenoxy) is 1. The number of likely N-dealkylation sites (N-methyl/N-ethyl adjacent to an activating group) is 1. The number of hydrogen-bond donors (Lipinski definition) is 1. The van der Waals surface area contributed by atoms with Gasteiger partial charge in [-0.15, -0.1) is 0 Å². The Kier molecular flexibility index (Phi) is 7.46. The molecule has 0 aliphatic carbocycles. The number of hydrogen-bond acceptors (Lipinski definition) is 5. The van der Waals surface area contributed by atoms with Crippen LogP contribution in [0.2, 0.25) is 0 Å². The fourth-order valence-corrected chi connectivity index (χ4v) is 4.19. The van der Waals surface area contributed by atoms with Crippen molar-refractivity contribution < 1.29 is 19.1 Å². The minimum Gasteiger partial charge on any atom is -0.467 e. The third-order valence-corrected chi connectivity index (χ3v) is 5.82. The number of carbonyl (C=O) groups is 3. The fourth-order valence-electron chi connectivity index (χ4n) is 3.71. The van der Waals surface area contributed by atoms with Crippen molar-refractivity contribution >= 4 is 39.4 Å². The largest absolute Gasteiger partial charge is 0.467 e. The van der Waals surface area contributed by atoms with Crippen molar-refractivity contribution in [2.45, 2.75) is 25.9 Å². The number of nitrogens with zero attached hydrogens (tertiary/aromatic N) is 2. The Morgan fingerprint density at radius 1 is 1.16 bits per heavy atom. The second kappa shape index (κ2) is 10.1. The molecule has 1 aliphatic heterocycles. The molecule has 1 aliphatic rings. The van der Waals surface area contributed by atoms with Crippen LogP contribution in [0.15, 0.2) is 46.9 Å². The van der Waals surface area contributed by atoms with Gasteiger partial charge in [-0.2, -0.15) is 0 Å². The Balaban J connectivity index is 1.63. The molecule has 0 radical (unpaired) electrons. The molecule has 2 aromatic rings. The number of amides is 2. The maximum absolute atomic E-state index is 13.0. The molecule has 0 saturated heterocycles. The predicted octanol–water partition coefficient (Wildman–Crippen LogP) is 2.75. The number of anilines is 1. The van der Waals surface area contributed by atoms with Gasteiger partial charge in [-0.3, -0.25) is 14.5 Å². The lowest BCUT2D eigenvalue weighted by molar-refractivity contribution is -0.154. The standard InChI is InChI=1S/C23H26BrN3O4/c1-15-10-18(24)8-9-19(15)25-21(28)13-26(2)14-22(29)27-12-17-7-5-4-6-16(17)11-20(27)23(30)31-3/h4-10,20H,11-14H2,1-3H3,(H,25,28)/t20-/m0/s1. The Morgan fingerprint density at radius 3 is 2.55 bits per heavy atom. The van der Waals surface area contributed by atoms with Gasteiger partial charge in [-0.05, 0) is 48.9 Å². The highest BCUT2D eigenvalue weighted by atomic mass is 79.9. The Hall–Kier alpha value is -2.71. The van der Waals surface area contributed by atoms with E-state index in [1.54, 1.807) is 16.8 Å². The van der Waals surface area contributed by atoms with Crippen LogP contribution in [0, 0.1) is 6.92 Å². The zero-order chi connectivity index (χ0) is 22.5. The van der Waals surface area contributed by atoms with Crippen LogP contribution in [0.25, 0.3) is 0 Å². The van der Waals surface area contributed by atoms with Gasteiger partial charge in [0.2, 0.25) is 11.8 Å². The SMILES string of the molecule is COC(=O)[C@@H]1Cc2ccccc2CN1C(=O)CN(C)CC(=O)Nc1ccc(Br)cc1C. The molecule has 1 heterocycles. The summed E-state index contributed by atoms with van der Waals surface area (Å²) in [5.74, 6) is -0.872. The summed E-state index contributed by atoms with van der Waals surface area (Å²) in [5, 5.41) is 2.87. The van der Waals surface area contributed by atoms with Gasteiger partial charge in [0.1, 0.15) is 6.04 Å². The predicted molar refractivity (Wildman–Crippen MR) is 122 cm³/mol. The van der Waals surface area contributed by atoms with Crippen molar-refractivity contribution in [3.63, 3.8) is 0 Å². The minimum atomic E-state index is -0.667. The first-order valence-electron chi connectivity index (χ1n) is 9.97.